The third-order valence-corrected chi connectivity index (χ3v) is 9.82. The molecule has 2 aliphatic heterocycles. The summed E-state index contributed by atoms with van der Waals surface area (Å²) in [6.07, 6.45) is -0.760. The Bertz CT molecular complexity index is 3020. The molecule has 0 saturated heterocycles. The fraction of sp³-hybridized carbons (Fsp3) is 0.125. The fourth-order valence-corrected chi connectivity index (χ4v) is 6.96. The van der Waals surface area contributed by atoms with Crippen molar-refractivity contribution in [1.29, 1.82) is 0 Å². The number of nitrogens with zero attached hydrogens (tertiary/aromatic N) is 10. The van der Waals surface area contributed by atoms with E-state index in [9.17, 15) is 14.4 Å². The molecule has 2 aliphatic rings. The first kappa shape index (κ1) is 42.7. The topological polar surface area (TPSA) is 194 Å². The van der Waals surface area contributed by atoms with Crippen LogP contribution in [0.4, 0.5) is 10.5 Å². The molecule has 0 aliphatic carbocycles. The van der Waals surface area contributed by atoms with Crippen LogP contribution in [-0.2, 0) is 31.4 Å². The summed E-state index contributed by atoms with van der Waals surface area (Å²) in [5.74, 6) is 0.952. The number of hydrogen-bond donors (Lipinski definition) is 1. The van der Waals surface area contributed by atoms with Gasteiger partial charge in [0, 0.05) is 64.5 Å². The summed E-state index contributed by atoms with van der Waals surface area (Å²) < 4.78 is 5.12. The van der Waals surface area contributed by atoms with Crippen molar-refractivity contribution in [2.75, 3.05) is 12.4 Å². The van der Waals surface area contributed by atoms with Crippen LogP contribution in [0.1, 0.15) is 27.7 Å². The number of benzene rings is 5. The second-order valence-corrected chi connectivity index (χ2v) is 15.5. The van der Waals surface area contributed by atoms with E-state index < -0.39 is 23.4 Å². The van der Waals surface area contributed by atoms with Crippen LogP contribution in [0.3, 0.4) is 0 Å². The first-order valence-electron chi connectivity index (χ1n) is 19.9. The van der Waals surface area contributed by atoms with Crippen molar-refractivity contribution in [3.05, 3.63) is 127 Å². The second kappa shape index (κ2) is 17.4. The molecule has 5 heterocycles. The molecule has 319 valence electrons. The number of amides is 2. The van der Waals surface area contributed by atoms with Crippen LogP contribution in [0.5, 0.6) is 0 Å². The number of carbonyl (C=O) groups is 3. The molecule has 8 bridgehead atoms. The van der Waals surface area contributed by atoms with Crippen LogP contribution in [0.2, 0.25) is 0 Å². The Kier molecular flexibility index (Phi) is 11.6. The standard InChI is InChI=1S/C32H16N8.C16H21N3O4.Cu/c1-2-10-18-17(9-1)25-33-26(18)38-28-21-13-5-6-14-22(21)30(35-28)40-32-24-16-8-7-15-23(24)31(36-32)39-29-20-12-4-3-11-19(20)27(34-29)37-25;1-11(20)13(14(21)17-12-9-7-6-8-10-12)18-19(5)15(22)23-16(2,3)4;/h1-16H;6-10H,1-5H3,(H,17,21);/q-2;;+2/b;18-13+;. The number of ketones is 1. The molecule has 0 fully saturated rings. The first-order valence-corrected chi connectivity index (χ1v) is 19.9. The van der Waals surface area contributed by atoms with Gasteiger partial charge in [-0.15, -0.1) is 0 Å². The molecular weight excluding hydrogens is 858 g/mol. The van der Waals surface area contributed by atoms with Gasteiger partial charge in [-0.1, -0.05) is 115 Å². The minimum Gasteiger partial charge on any atom is -0.442 e. The zero-order valence-corrected chi connectivity index (χ0v) is 36.0. The molecule has 10 rings (SSSR count). The predicted molar refractivity (Wildman–Crippen MR) is 241 cm³/mol. The summed E-state index contributed by atoms with van der Waals surface area (Å²) in [5.41, 5.74) is 5.21. The normalized spacial score (nSPS) is 11.7. The summed E-state index contributed by atoms with van der Waals surface area (Å²) in [4.78, 5) is 74.9. The third-order valence-electron chi connectivity index (χ3n) is 9.82. The molecule has 0 spiro atoms. The number of ether oxygens (including phenoxy) is 1. The van der Waals surface area contributed by atoms with E-state index in [2.05, 4.69) is 10.4 Å². The van der Waals surface area contributed by atoms with Crippen LogP contribution in [0.25, 0.3) is 89.7 Å². The van der Waals surface area contributed by atoms with Gasteiger partial charge in [0.2, 0.25) is 0 Å². The molecule has 0 saturated carbocycles. The molecule has 64 heavy (non-hydrogen) atoms. The van der Waals surface area contributed by atoms with Crippen molar-refractivity contribution in [2.45, 2.75) is 33.3 Å². The predicted octanol–water partition coefficient (Wildman–Crippen LogP) is 8.56. The molecule has 5 aromatic carbocycles. The molecule has 1 N–H and O–H groups in total. The van der Waals surface area contributed by atoms with Crippen LogP contribution >= 0.6 is 0 Å². The van der Waals surface area contributed by atoms with Crippen LogP contribution in [-0.4, -0.2) is 71.1 Å². The van der Waals surface area contributed by atoms with Crippen molar-refractivity contribution in [3.8, 4) is 45.6 Å². The number of para-hydroxylation sites is 1. The number of Topliss-reactive ketones (excluding diaryl/α,β-unsaturated/α-hetero) is 1. The molecule has 0 atom stereocenters. The Morgan fingerprint density at radius 1 is 0.547 bits per heavy atom. The van der Waals surface area contributed by atoms with Crippen LogP contribution < -0.4 is 15.3 Å². The minimum atomic E-state index is -0.760. The summed E-state index contributed by atoms with van der Waals surface area (Å²) in [6.45, 7) is 6.32. The smallest absolute Gasteiger partial charge is 0.442 e. The van der Waals surface area contributed by atoms with Gasteiger partial charge in [-0.3, -0.25) is 9.59 Å². The van der Waals surface area contributed by atoms with Crippen molar-refractivity contribution in [3.63, 3.8) is 0 Å². The van der Waals surface area contributed by atoms with Crippen molar-refractivity contribution in [1.82, 2.24) is 44.9 Å². The van der Waals surface area contributed by atoms with E-state index in [1.165, 1.54) is 14.0 Å². The van der Waals surface area contributed by atoms with Crippen LogP contribution in [0, 0.1) is 0 Å². The fourth-order valence-electron chi connectivity index (χ4n) is 6.96. The van der Waals surface area contributed by atoms with E-state index >= 15 is 0 Å². The van der Waals surface area contributed by atoms with Gasteiger partial charge in [0.05, 0.1) is 23.3 Å². The largest absolute Gasteiger partial charge is 2.00 e. The number of hydrogen-bond acceptors (Lipinski definition) is 11. The van der Waals surface area contributed by atoms with Gasteiger partial charge in [-0.05, 0) is 54.4 Å². The molecule has 8 aromatic rings. The molecule has 15 nitrogen and oxygen atoms in total. The maximum Gasteiger partial charge on any atom is 2.00 e. The van der Waals surface area contributed by atoms with E-state index in [-0.39, 0.29) is 22.8 Å². The third kappa shape index (κ3) is 8.60. The van der Waals surface area contributed by atoms with E-state index in [0.29, 0.717) is 51.6 Å². The molecule has 0 unspecified atom stereocenters. The van der Waals surface area contributed by atoms with Crippen molar-refractivity contribution in [2.24, 2.45) is 5.10 Å². The summed E-state index contributed by atoms with van der Waals surface area (Å²) in [7, 11) is 1.31. The van der Waals surface area contributed by atoms with Gasteiger partial charge in [0.25, 0.3) is 5.91 Å². The molecule has 16 heteroatoms. The Balaban J connectivity index is 0.000000202. The zero-order chi connectivity index (χ0) is 43.8. The summed E-state index contributed by atoms with van der Waals surface area (Å²) in [6, 6.07) is 40.5. The number of fused-ring (bicyclic) bond motifs is 20. The number of hydrazone groups is 1. The maximum absolute atomic E-state index is 12.2. The number of rotatable bonds is 4. The van der Waals surface area contributed by atoms with E-state index in [4.69, 9.17) is 44.6 Å². The monoisotopic (exact) mass is 894 g/mol. The Labute approximate surface area is 376 Å². The Morgan fingerprint density at radius 3 is 1.23 bits per heavy atom. The van der Waals surface area contributed by atoms with Gasteiger partial charge >= 0.3 is 23.2 Å². The number of anilines is 1. The van der Waals surface area contributed by atoms with E-state index in [0.717, 1.165) is 48.8 Å². The van der Waals surface area contributed by atoms with Gasteiger partial charge < -0.3 is 40.0 Å². The van der Waals surface area contributed by atoms with Crippen molar-refractivity contribution < 1.29 is 36.2 Å². The average Bonchev–Trinajstić information content (AvgIpc) is 4.01. The minimum absolute atomic E-state index is 0. The van der Waals surface area contributed by atoms with Gasteiger partial charge in [-0.25, -0.2) is 19.8 Å². The SMILES string of the molecule is CC(=O)/C(=N\N(C)C(=O)OC(C)(C)C)C(=O)Nc1ccccc1.[Cu+2].c1ccc2c(c1)-c1nc-2nc2[n-]c(nc3nc(nc4[n-]c(n1)c1ccccc41)-c1ccccc1-3)c1ccccc21. The Hall–Kier alpha value is -7.94. The molecule has 3 aromatic heterocycles. The Morgan fingerprint density at radius 2 is 0.891 bits per heavy atom. The molecule has 2 amide bonds. The molecular formula is C48H37CuN11O4. The number of nitrogens with one attached hydrogen (secondary N) is 1. The van der Waals surface area contributed by atoms with E-state index in [1.54, 1.807) is 51.1 Å². The maximum atomic E-state index is 12.2. The quantitative estimate of drug-likeness (QED) is 0.0767. The van der Waals surface area contributed by atoms with Gasteiger partial charge in [-0.2, -0.15) is 5.10 Å². The first-order chi connectivity index (χ1) is 30.4. The zero-order valence-electron chi connectivity index (χ0n) is 35.0. The number of carbonyl (C=O) groups excluding carboxylic acids is 3. The van der Waals surface area contributed by atoms with Gasteiger partial charge in [0.15, 0.2) is 11.5 Å². The number of aromatic nitrogens is 8. The molecule has 1 radical (unpaired) electrons. The van der Waals surface area contributed by atoms with Gasteiger partial charge in [0.1, 0.15) is 5.60 Å². The summed E-state index contributed by atoms with van der Waals surface area (Å²) >= 11 is 0. The second-order valence-electron chi connectivity index (χ2n) is 15.5. The van der Waals surface area contributed by atoms with Crippen molar-refractivity contribution >= 4 is 73.3 Å². The summed E-state index contributed by atoms with van der Waals surface area (Å²) in [5, 5.41) is 10.7. The van der Waals surface area contributed by atoms with Crippen LogP contribution in [0.15, 0.2) is 132 Å². The average molecular weight is 895 g/mol. The van der Waals surface area contributed by atoms with E-state index in [1.807, 2.05) is 97.1 Å².